The zero-order valence-electron chi connectivity index (χ0n) is 20.6. The molecule has 1 unspecified atom stereocenters. The highest BCUT2D eigenvalue weighted by Crippen LogP contribution is 2.52. The van der Waals surface area contributed by atoms with E-state index in [0.29, 0.717) is 16.6 Å². The molecule has 0 spiro atoms. The second-order valence-corrected chi connectivity index (χ2v) is 17.7. The Labute approximate surface area is 191 Å². The average Bonchev–Trinajstić information content (AvgIpc) is 3.20. The molecule has 0 aliphatic carbocycles. The van der Waals surface area contributed by atoms with Gasteiger partial charge in [-0.25, -0.2) is 0 Å². The number of sulfonamides is 1. The molecule has 0 bridgehead atoms. The number of aryl methyl sites for hydroxylation is 1. The van der Waals surface area contributed by atoms with Crippen molar-refractivity contribution in [2.24, 2.45) is 4.40 Å². The lowest BCUT2D eigenvalue weighted by Gasteiger charge is -2.50. The van der Waals surface area contributed by atoms with Crippen LogP contribution >= 0.6 is 0 Å². The Morgan fingerprint density at radius 1 is 1.03 bits per heavy atom. The standard InChI is InChI=1S/C25H42N2O2SSi/c1-9-12-24(31(19(2)3,20(4)5)21(6)7)25(27-17-10-11-18-27)26-30(28,29)23-15-13-22(8)14-16-23/h9,13-16,19-21,24H,1,10-12,17-18H2,2-8H3/b26-25-. The van der Waals surface area contributed by atoms with Crippen LogP contribution in [-0.2, 0) is 10.0 Å². The Hall–Kier alpha value is -1.40. The van der Waals surface area contributed by atoms with E-state index in [0.717, 1.165) is 43.8 Å². The third-order valence-electron chi connectivity index (χ3n) is 7.28. The van der Waals surface area contributed by atoms with Crippen LogP contribution in [0.2, 0.25) is 22.2 Å². The van der Waals surface area contributed by atoms with Gasteiger partial charge in [0, 0.05) is 18.6 Å². The summed E-state index contributed by atoms with van der Waals surface area (Å²) in [4.78, 5) is 2.53. The molecule has 1 aliphatic heterocycles. The van der Waals surface area contributed by atoms with Crippen molar-refractivity contribution in [1.29, 1.82) is 0 Å². The van der Waals surface area contributed by atoms with Gasteiger partial charge in [-0.05, 0) is 54.9 Å². The van der Waals surface area contributed by atoms with Gasteiger partial charge in [0.15, 0.2) is 0 Å². The summed E-state index contributed by atoms with van der Waals surface area (Å²) >= 11 is 0. The van der Waals surface area contributed by atoms with E-state index in [1.807, 2.05) is 25.1 Å². The molecule has 6 heteroatoms. The molecule has 4 nitrogen and oxygen atoms in total. The van der Waals surface area contributed by atoms with Crippen LogP contribution in [-0.4, -0.2) is 40.3 Å². The summed E-state index contributed by atoms with van der Waals surface area (Å²) in [7, 11) is -5.81. The van der Waals surface area contributed by atoms with Crippen molar-refractivity contribution in [3.05, 3.63) is 42.5 Å². The molecule has 1 aromatic rings. The van der Waals surface area contributed by atoms with Gasteiger partial charge < -0.3 is 4.90 Å². The van der Waals surface area contributed by atoms with Crippen LogP contribution in [0, 0.1) is 6.92 Å². The normalized spacial score (nSPS) is 17.1. The SMILES string of the molecule is C=CCC(/C(=N/S(=O)(=O)c1ccc(C)cc1)N1CCCC1)[Si](C(C)C)(C(C)C)C(C)C. The molecule has 174 valence electrons. The molecule has 31 heavy (non-hydrogen) atoms. The second kappa shape index (κ2) is 10.5. The smallest absolute Gasteiger partial charge is 0.283 e. The number of rotatable bonds is 9. The molecule has 1 aromatic carbocycles. The van der Waals surface area contributed by atoms with E-state index in [1.54, 1.807) is 12.1 Å². The van der Waals surface area contributed by atoms with Gasteiger partial charge in [0.25, 0.3) is 10.0 Å². The van der Waals surface area contributed by atoms with Gasteiger partial charge in [-0.2, -0.15) is 8.42 Å². The summed E-state index contributed by atoms with van der Waals surface area (Å²) < 4.78 is 31.5. The largest absolute Gasteiger partial charge is 0.359 e. The molecule has 1 saturated heterocycles. The Balaban J connectivity index is 2.74. The van der Waals surface area contributed by atoms with Crippen molar-refractivity contribution in [3.63, 3.8) is 0 Å². The predicted octanol–water partition coefficient (Wildman–Crippen LogP) is 6.80. The van der Waals surface area contributed by atoms with E-state index in [-0.39, 0.29) is 10.4 Å². The molecular weight excluding hydrogens is 420 g/mol. The van der Waals surface area contributed by atoms with E-state index in [9.17, 15) is 8.42 Å². The molecule has 0 saturated carbocycles. The molecule has 0 radical (unpaired) electrons. The Morgan fingerprint density at radius 3 is 1.94 bits per heavy atom. The molecular formula is C25H42N2O2SSi. The maximum Gasteiger partial charge on any atom is 0.283 e. The second-order valence-electron chi connectivity index (χ2n) is 9.97. The van der Waals surface area contributed by atoms with E-state index in [1.165, 1.54) is 0 Å². The molecule has 1 fully saturated rings. The summed E-state index contributed by atoms with van der Waals surface area (Å²) in [5.41, 5.74) is 2.69. The molecule has 1 heterocycles. The minimum absolute atomic E-state index is 0.128. The quantitative estimate of drug-likeness (QED) is 0.175. The van der Waals surface area contributed by atoms with Gasteiger partial charge in [0.2, 0.25) is 0 Å². The number of allylic oxidation sites excluding steroid dienone is 1. The van der Waals surface area contributed by atoms with Crippen molar-refractivity contribution in [2.75, 3.05) is 13.1 Å². The van der Waals surface area contributed by atoms with Crippen molar-refractivity contribution in [2.45, 2.75) is 94.8 Å². The van der Waals surface area contributed by atoms with Crippen molar-refractivity contribution < 1.29 is 8.42 Å². The molecule has 1 aliphatic rings. The summed E-state index contributed by atoms with van der Waals surface area (Å²) in [6.07, 6.45) is 4.93. The number of hydrogen-bond donors (Lipinski definition) is 0. The van der Waals surface area contributed by atoms with E-state index in [4.69, 9.17) is 0 Å². The number of amidine groups is 1. The topological polar surface area (TPSA) is 49.7 Å². The number of likely N-dealkylation sites (tertiary alicyclic amines) is 1. The Morgan fingerprint density at radius 2 is 1.52 bits per heavy atom. The highest BCUT2D eigenvalue weighted by atomic mass is 32.2. The van der Waals surface area contributed by atoms with E-state index < -0.39 is 18.1 Å². The van der Waals surface area contributed by atoms with Crippen LogP contribution in [0.5, 0.6) is 0 Å². The van der Waals surface area contributed by atoms with Gasteiger partial charge in [-0.3, -0.25) is 0 Å². The Bertz CT molecular complexity index is 846. The van der Waals surface area contributed by atoms with Crippen molar-refractivity contribution in [3.8, 4) is 0 Å². The molecule has 0 N–H and O–H groups in total. The fourth-order valence-corrected chi connectivity index (χ4v) is 14.9. The van der Waals surface area contributed by atoms with Gasteiger partial charge in [0.1, 0.15) is 5.84 Å². The van der Waals surface area contributed by atoms with Gasteiger partial charge in [-0.1, -0.05) is 65.3 Å². The van der Waals surface area contributed by atoms with Gasteiger partial charge in [0.05, 0.1) is 13.0 Å². The first-order chi connectivity index (χ1) is 14.5. The third-order valence-corrected chi connectivity index (χ3v) is 16.3. The van der Waals surface area contributed by atoms with Gasteiger partial charge >= 0.3 is 0 Å². The lowest BCUT2D eigenvalue weighted by molar-refractivity contribution is 0.501. The van der Waals surface area contributed by atoms with Crippen molar-refractivity contribution in [1.82, 2.24) is 4.90 Å². The highest BCUT2D eigenvalue weighted by Gasteiger charge is 2.51. The first-order valence-corrected chi connectivity index (χ1v) is 15.5. The number of benzene rings is 1. The number of hydrogen-bond acceptors (Lipinski definition) is 2. The first-order valence-electron chi connectivity index (χ1n) is 11.8. The highest BCUT2D eigenvalue weighted by molar-refractivity contribution is 7.90. The van der Waals surface area contributed by atoms with E-state index in [2.05, 4.69) is 57.4 Å². The van der Waals surface area contributed by atoms with Crippen molar-refractivity contribution >= 4 is 23.9 Å². The molecule has 0 aromatic heterocycles. The average molecular weight is 463 g/mol. The zero-order chi connectivity index (χ0) is 23.4. The first kappa shape index (κ1) is 25.9. The fourth-order valence-electron chi connectivity index (χ4n) is 6.08. The minimum atomic E-state index is -3.78. The van der Waals surface area contributed by atoms with E-state index >= 15 is 0 Å². The minimum Gasteiger partial charge on any atom is -0.359 e. The zero-order valence-corrected chi connectivity index (χ0v) is 22.4. The summed E-state index contributed by atoms with van der Waals surface area (Å²) in [5.74, 6) is 0.792. The lowest BCUT2D eigenvalue weighted by Crippen LogP contribution is -2.54. The van der Waals surface area contributed by atoms with Crippen LogP contribution in [0.1, 0.15) is 66.4 Å². The maximum atomic E-state index is 13.4. The summed E-state index contributed by atoms with van der Waals surface area (Å²) in [6.45, 7) is 21.8. The van der Waals surface area contributed by atoms with Crippen LogP contribution in [0.15, 0.2) is 46.2 Å². The monoisotopic (exact) mass is 462 g/mol. The van der Waals surface area contributed by atoms with Crippen LogP contribution in [0.3, 0.4) is 0 Å². The lowest BCUT2D eigenvalue weighted by atomic mass is 10.2. The van der Waals surface area contributed by atoms with Crippen LogP contribution < -0.4 is 0 Å². The predicted molar refractivity (Wildman–Crippen MR) is 136 cm³/mol. The summed E-state index contributed by atoms with van der Waals surface area (Å²) in [6, 6.07) is 7.04. The maximum absolute atomic E-state index is 13.4. The number of nitrogens with zero attached hydrogens (tertiary/aromatic N) is 2. The summed E-state index contributed by atoms with van der Waals surface area (Å²) in [5, 5.41) is 0. The van der Waals surface area contributed by atoms with Gasteiger partial charge in [-0.15, -0.1) is 11.0 Å². The fraction of sp³-hybridized carbons (Fsp3) is 0.640. The van der Waals surface area contributed by atoms with Crippen LogP contribution in [0.4, 0.5) is 0 Å². The molecule has 1 atom stereocenters. The third kappa shape index (κ3) is 5.33. The molecule has 2 rings (SSSR count). The van der Waals surface area contributed by atoms with Crippen LogP contribution in [0.25, 0.3) is 0 Å². The molecule has 0 amide bonds. The Kier molecular flexibility index (Phi) is 8.74.